The number of carbonyl (C=O) groups excluding carboxylic acids is 1. The van der Waals surface area contributed by atoms with E-state index < -0.39 is 12.0 Å². The lowest BCUT2D eigenvalue weighted by atomic mass is 10.1. The van der Waals surface area contributed by atoms with Crippen LogP contribution in [0.1, 0.15) is 29.4 Å². The number of aliphatic carboxylic acids is 1. The molecule has 1 unspecified atom stereocenters. The number of piperazine rings is 1. The molecule has 0 radical (unpaired) electrons. The van der Waals surface area contributed by atoms with Crippen molar-refractivity contribution >= 4 is 27.8 Å². The minimum Gasteiger partial charge on any atom is -0.480 e. The molecule has 7 heteroatoms. The van der Waals surface area contributed by atoms with Crippen molar-refractivity contribution < 1.29 is 14.7 Å². The molecular weight excluding hydrogens is 326 g/mol. The van der Waals surface area contributed by atoms with Crippen LogP contribution in [0.4, 0.5) is 0 Å². The average molecular weight is 342 g/mol. The molecule has 2 fully saturated rings. The molecule has 1 saturated heterocycles. The van der Waals surface area contributed by atoms with Crippen molar-refractivity contribution in [1.29, 1.82) is 0 Å². The van der Waals surface area contributed by atoms with E-state index in [1.165, 1.54) is 4.90 Å². The van der Waals surface area contributed by atoms with E-state index in [9.17, 15) is 14.7 Å². The summed E-state index contributed by atoms with van der Waals surface area (Å²) in [4.78, 5) is 25.4. The SMILES string of the molecule is O=C(O)C1CNCCN1C(=O)c1cc(Br)cn1C1CC1. The number of nitrogens with zero attached hydrogens (tertiary/aromatic N) is 2. The summed E-state index contributed by atoms with van der Waals surface area (Å²) in [5.74, 6) is -1.16. The predicted octanol–water partition coefficient (Wildman–Crippen LogP) is 1.08. The molecular formula is C13H16BrN3O3. The van der Waals surface area contributed by atoms with Gasteiger partial charge in [-0.15, -0.1) is 0 Å². The van der Waals surface area contributed by atoms with E-state index in [-0.39, 0.29) is 5.91 Å². The van der Waals surface area contributed by atoms with Gasteiger partial charge in [-0.1, -0.05) is 0 Å². The van der Waals surface area contributed by atoms with Gasteiger partial charge in [0.1, 0.15) is 11.7 Å². The van der Waals surface area contributed by atoms with E-state index in [2.05, 4.69) is 21.2 Å². The first kappa shape index (κ1) is 13.6. The van der Waals surface area contributed by atoms with Crippen molar-refractivity contribution in [3.05, 3.63) is 22.4 Å². The van der Waals surface area contributed by atoms with E-state index in [4.69, 9.17) is 0 Å². The Morgan fingerprint density at radius 2 is 2.15 bits per heavy atom. The van der Waals surface area contributed by atoms with Crippen LogP contribution in [0.2, 0.25) is 0 Å². The fraction of sp³-hybridized carbons (Fsp3) is 0.538. The fourth-order valence-electron chi connectivity index (χ4n) is 2.59. The Morgan fingerprint density at radius 3 is 2.80 bits per heavy atom. The number of carbonyl (C=O) groups is 2. The maximum absolute atomic E-state index is 12.7. The summed E-state index contributed by atoms with van der Waals surface area (Å²) >= 11 is 3.40. The number of aromatic nitrogens is 1. The monoisotopic (exact) mass is 341 g/mol. The molecule has 3 rings (SSSR count). The van der Waals surface area contributed by atoms with Crippen LogP contribution in [-0.4, -0.2) is 52.1 Å². The smallest absolute Gasteiger partial charge is 0.327 e. The quantitative estimate of drug-likeness (QED) is 0.862. The van der Waals surface area contributed by atoms with E-state index in [1.807, 2.05) is 10.8 Å². The number of carboxylic acid groups (broad SMARTS) is 1. The summed E-state index contributed by atoms with van der Waals surface area (Å²) in [5.41, 5.74) is 0.576. The topological polar surface area (TPSA) is 74.6 Å². The molecule has 1 aromatic heterocycles. The van der Waals surface area contributed by atoms with Gasteiger partial charge in [0.25, 0.3) is 5.91 Å². The van der Waals surface area contributed by atoms with Gasteiger partial charge in [0.2, 0.25) is 0 Å². The molecule has 2 aliphatic rings. The standard InChI is InChI=1S/C13H16BrN3O3/c14-8-5-10(17(7-8)9-1-2-9)12(18)16-4-3-15-6-11(16)13(19)20/h5,7,9,11,15H,1-4,6H2,(H,19,20). The molecule has 6 nitrogen and oxygen atoms in total. The van der Waals surface area contributed by atoms with E-state index in [1.54, 1.807) is 6.07 Å². The zero-order valence-electron chi connectivity index (χ0n) is 10.9. The molecule has 20 heavy (non-hydrogen) atoms. The highest BCUT2D eigenvalue weighted by molar-refractivity contribution is 9.10. The minimum atomic E-state index is -0.964. The summed E-state index contributed by atoms with van der Waals surface area (Å²) in [7, 11) is 0. The van der Waals surface area contributed by atoms with Crippen LogP contribution in [0.5, 0.6) is 0 Å². The van der Waals surface area contributed by atoms with Crippen LogP contribution in [-0.2, 0) is 4.79 Å². The van der Waals surface area contributed by atoms with Gasteiger partial charge in [-0.05, 0) is 34.8 Å². The Kier molecular flexibility index (Phi) is 3.55. The van der Waals surface area contributed by atoms with E-state index in [0.717, 1.165) is 17.3 Å². The maximum Gasteiger partial charge on any atom is 0.327 e. The Balaban J connectivity index is 1.89. The number of hydrogen-bond acceptors (Lipinski definition) is 3. The van der Waals surface area contributed by atoms with Crippen LogP contribution >= 0.6 is 15.9 Å². The number of amides is 1. The third-order valence-electron chi connectivity index (χ3n) is 3.76. The molecule has 1 aliphatic carbocycles. The first-order chi connectivity index (χ1) is 9.58. The molecule has 0 bridgehead atoms. The number of hydrogen-bond donors (Lipinski definition) is 2. The molecule has 1 aromatic rings. The van der Waals surface area contributed by atoms with Gasteiger partial charge >= 0.3 is 5.97 Å². The minimum absolute atomic E-state index is 0.198. The van der Waals surface area contributed by atoms with E-state index >= 15 is 0 Å². The van der Waals surface area contributed by atoms with Crippen molar-refractivity contribution in [2.75, 3.05) is 19.6 Å². The first-order valence-corrected chi connectivity index (χ1v) is 7.49. The van der Waals surface area contributed by atoms with Crippen molar-refractivity contribution in [1.82, 2.24) is 14.8 Å². The first-order valence-electron chi connectivity index (χ1n) is 6.70. The number of carboxylic acids is 1. The molecule has 1 aliphatic heterocycles. The second-order valence-electron chi connectivity index (χ2n) is 5.24. The zero-order valence-corrected chi connectivity index (χ0v) is 12.5. The van der Waals surface area contributed by atoms with Crippen molar-refractivity contribution in [3.8, 4) is 0 Å². The van der Waals surface area contributed by atoms with Gasteiger partial charge < -0.3 is 19.9 Å². The third kappa shape index (κ3) is 2.47. The summed E-state index contributed by atoms with van der Waals surface area (Å²) in [5, 5.41) is 12.3. The van der Waals surface area contributed by atoms with Gasteiger partial charge in [0.15, 0.2) is 0 Å². The molecule has 0 spiro atoms. The Bertz CT molecular complexity index is 553. The largest absolute Gasteiger partial charge is 0.480 e. The lowest BCUT2D eigenvalue weighted by Gasteiger charge is -2.33. The van der Waals surface area contributed by atoms with Crippen LogP contribution in [0.15, 0.2) is 16.7 Å². The molecule has 2 heterocycles. The maximum atomic E-state index is 12.7. The van der Waals surface area contributed by atoms with Crippen LogP contribution in [0.25, 0.3) is 0 Å². The van der Waals surface area contributed by atoms with E-state index in [0.29, 0.717) is 31.4 Å². The fourth-order valence-corrected chi connectivity index (χ4v) is 3.02. The Morgan fingerprint density at radius 1 is 1.40 bits per heavy atom. The molecule has 1 atom stereocenters. The highest BCUT2D eigenvalue weighted by atomic mass is 79.9. The predicted molar refractivity (Wildman–Crippen MR) is 75.7 cm³/mol. The molecule has 1 amide bonds. The summed E-state index contributed by atoms with van der Waals surface area (Å²) in [6.07, 6.45) is 4.06. The second-order valence-corrected chi connectivity index (χ2v) is 6.15. The summed E-state index contributed by atoms with van der Waals surface area (Å²) in [6.45, 7) is 1.34. The van der Waals surface area contributed by atoms with Crippen LogP contribution in [0, 0.1) is 0 Å². The van der Waals surface area contributed by atoms with Gasteiger partial charge in [-0.25, -0.2) is 4.79 Å². The van der Waals surface area contributed by atoms with Gasteiger partial charge in [0, 0.05) is 36.3 Å². The van der Waals surface area contributed by atoms with Crippen LogP contribution < -0.4 is 5.32 Å². The average Bonchev–Trinajstić information content (AvgIpc) is 3.21. The lowest BCUT2D eigenvalue weighted by molar-refractivity contribution is -0.142. The number of halogens is 1. The highest BCUT2D eigenvalue weighted by Gasteiger charge is 2.35. The normalized spacial score (nSPS) is 22.9. The molecule has 2 N–H and O–H groups in total. The van der Waals surface area contributed by atoms with Gasteiger partial charge in [0.05, 0.1) is 0 Å². The van der Waals surface area contributed by atoms with Crippen LogP contribution in [0.3, 0.4) is 0 Å². The summed E-state index contributed by atoms with van der Waals surface area (Å²) in [6, 6.07) is 1.37. The van der Waals surface area contributed by atoms with Crippen molar-refractivity contribution in [2.24, 2.45) is 0 Å². The van der Waals surface area contributed by atoms with Crippen molar-refractivity contribution in [2.45, 2.75) is 24.9 Å². The molecule has 0 aromatic carbocycles. The molecule has 108 valence electrons. The zero-order chi connectivity index (χ0) is 14.3. The van der Waals surface area contributed by atoms with Gasteiger partial charge in [-0.3, -0.25) is 4.79 Å². The lowest BCUT2D eigenvalue weighted by Crippen LogP contribution is -2.57. The Hall–Kier alpha value is -1.34. The second kappa shape index (κ2) is 5.21. The van der Waals surface area contributed by atoms with Gasteiger partial charge in [-0.2, -0.15) is 0 Å². The highest BCUT2D eigenvalue weighted by Crippen LogP contribution is 2.37. The molecule has 1 saturated carbocycles. The Labute approximate surface area is 124 Å². The number of rotatable bonds is 3. The number of nitrogens with one attached hydrogen (secondary N) is 1. The third-order valence-corrected chi connectivity index (χ3v) is 4.20. The summed E-state index contributed by atoms with van der Waals surface area (Å²) < 4.78 is 2.82. The van der Waals surface area contributed by atoms with Crippen molar-refractivity contribution in [3.63, 3.8) is 0 Å².